The van der Waals surface area contributed by atoms with Gasteiger partial charge in [0.05, 0.1) is 6.61 Å². The van der Waals surface area contributed by atoms with Crippen LogP contribution in [0.1, 0.15) is 32.3 Å². The first-order valence-corrected chi connectivity index (χ1v) is 5.81. The van der Waals surface area contributed by atoms with Gasteiger partial charge in [-0.25, -0.2) is 4.39 Å². The maximum atomic E-state index is 13.6. The van der Waals surface area contributed by atoms with Crippen molar-refractivity contribution in [3.8, 4) is 5.75 Å². The Morgan fingerprint density at radius 3 is 2.76 bits per heavy atom. The molecule has 0 spiro atoms. The Labute approximate surface area is 101 Å². The number of hydrogen-bond donors (Lipinski definition) is 2. The van der Waals surface area contributed by atoms with Crippen LogP contribution >= 0.6 is 0 Å². The Bertz CT molecular complexity index is 393. The molecule has 17 heavy (non-hydrogen) atoms. The fourth-order valence-corrected chi connectivity index (χ4v) is 1.59. The molecular formula is C13H19FN2O. The third-order valence-electron chi connectivity index (χ3n) is 2.55. The van der Waals surface area contributed by atoms with E-state index in [1.165, 1.54) is 12.1 Å². The zero-order chi connectivity index (χ0) is 12.8. The molecule has 0 aliphatic rings. The predicted octanol–water partition coefficient (Wildman–Crippen LogP) is 2.92. The third kappa shape index (κ3) is 4.06. The summed E-state index contributed by atoms with van der Waals surface area (Å²) < 4.78 is 19.0. The minimum atomic E-state index is -0.471. The number of hydrogen-bond acceptors (Lipinski definition) is 2. The lowest BCUT2D eigenvalue weighted by molar-refractivity contribution is 0.241. The van der Waals surface area contributed by atoms with Gasteiger partial charge in [0.2, 0.25) is 0 Å². The van der Waals surface area contributed by atoms with Gasteiger partial charge in [-0.05, 0) is 30.5 Å². The van der Waals surface area contributed by atoms with Crippen molar-refractivity contribution >= 4 is 5.84 Å². The van der Waals surface area contributed by atoms with Crippen LogP contribution in [0.15, 0.2) is 18.2 Å². The van der Waals surface area contributed by atoms with Gasteiger partial charge in [0.15, 0.2) is 11.6 Å². The van der Waals surface area contributed by atoms with E-state index < -0.39 is 5.82 Å². The molecule has 94 valence electrons. The molecule has 1 aromatic carbocycles. The zero-order valence-corrected chi connectivity index (χ0v) is 10.3. The van der Waals surface area contributed by atoms with E-state index in [4.69, 9.17) is 15.9 Å². The molecule has 3 N–H and O–H groups in total. The highest BCUT2D eigenvalue weighted by Crippen LogP contribution is 2.19. The van der Waals surface area contributed by atoms with E-state index >= 15 is 0 Å². The molecule has 1 aromatic rings. The summed E-state index contributed by atoms with van der Waals surface area (Å²) in [4.78, 5) is 0. The van der Waals surface area contributed by atoms with Crippen LogP contribution in [0, 0.1) is 17.1 Å². The van der Waals surface area contributed by atoms with Crippen molar-refractivity contribution in [2.45, 2.75) is 26.7 Å². The van der Waals surface area contributed by atoms with E-state index in [2.05, 4.69) is 13.8 Å². The van der Waals surface area contributed by atoms with E-state index in [9.17, 15) is 4.39 Å². The normalized spacial score (nSPS) is 12.2. The lowest BCUT2D eigenvalue weighted by atomic mass is 10.1. The molecule has 1 rings (SSSR count). The average molecular weight is 238 g/mol. The zero-order valence-electron chi connectivity index (χ0n) is 10.3. The van der Waals surface area contributed by atoms with E-state index in [1.54, 1.807) is 6.07 Å². The van der Waals surface area contributed by atoms with Crippen molar-refractivity contribution in [2.24, 2.45) is 11.7 Å². The summed E-state index contributed by atoms with van der Waals surface area (Å²) in [6.45, 7) is 4.69. The second-order valence-corrected chi connectivity index (χ2v) is 4.26. The van der Waals surface area contributed by atoms with E-state index in [0.29, 0.717) is 18.1 Å². The van der Waals surface area contributed by atoms with Gasteiger partial charge >= 0.3 is 0 Å². The molecule has 0 aliphatic heterocycles. The highest BCUT2D eigenvalue weighted by molar-refractivity contribution is 5.95. The molecular weight excluding hydrogens is 219 g/mol. The molecule has 1 unspecified atom stereocenters. The smallest absolute Gasteiger partial charge is 0.165 e. The van der Waals surface area contributed by atoms with Crippen molar-refractivity contribution in [3.63, 3.8) is 0 Å². The molecule has 0 saturated carbocycles. The van der Waals surface area contributed by atoms with Gasteiger partial charge in [-0.15, -0.1) is 0 Å². The van der Waals surface area contributed by atoms with Crippen LogP contribution in [0.3, 0.4) is 0 Å². The number of halogens is 1. The molecule has 0 saturated heterocycles. The maximum absolute atomic E-state index is 13.6. The lowest BCUT2D eigenvalue weighted by Gasteiger charge is -2.13. The van der Waals surface area contributed by atoms with Crippen LogP contribution < -0.4 is 10.5 Å². The summed E-state index contributed by atoms with van der Waals surface area (Å²) in [6, 6.07) is 4.33. The number of nitrogens with two attached hydrogens (primary N) is 1. The summed E-state index contributed by atoms with van der Waals surface area (Å²) >= 11 is 0. The van der Waals surface area contributed by atoms with E-state index in [-0.39, 0.29) is 11.6 Å². The Morgan fingerprint density at radius 2 is 2.24 bits per heavy atom. The van der Waals surface area contributed by atoms with Gasteiger partial charge in [-0.1, -0.05) is 20.3 Å². The highest BCUT2D eigenvalue weighted by Gasteiger charge is 2.08. The van der Waals surface area contributed by atoms with E-state index in [0.717, 1.165) is 12.8 Å². The van der Waals surface area contributed by atoms with Crippen molar-refractivity contribution < 1.29 is 9.13 Å². The molecule has 0 heterocycles. The standard InChI is InChI=1S/C13H19FN2O/c1-3-4-9(2)8-17-12-6-5-10(13(15)16)7-11(12)14/h5-7,9H,3-4,8H2,1-2H3,(H3,15,16). The fraction of sp³-hybridized carbons (Fsp3) is 0.462. The summed E-state index contributed by atoms with van der Waals surface area (Å²) in [5.41, 5.74) is 5.64. The molecule has 0 aromatic heterocycles. The van der Waals surface area contributed by atoms with E-state index in [1.807, 2.05) is 0 Å². The molecule has 0 fully saturated rings. The summed E-state index contributed by atoms with van der Waals surface area (Å²) in [5.74, 6) is 0.0148. The highest BCUT2D eigenvalue weighted by atomic mass is 19.1. The quantitative estimate of drug-likeness (QED) is 0.591. The Kier molecular flexibility index (Phi) is 4.94. The number of nitrogen functional groups attached to an aromatic ring is 1. The second-order valence-electron chi connectivity index (χ2n) is 4.26. The SMILES string of the molecule is CCCC(C)COc1ccc(C(=N)N)cc1F. The largest absolute Gasteiger partial charge is 0.490 e. The average Bonchev–Trinajstić information content (AvgIpc) is 2.27. The Hall–Kier alpha value is -1.58. The minimum absolute atomic E-state index is 0.144. The predicted molar refractivity (Wildman–Crippen MR) is 67.0 cm³/mol. The van der Waals surface area contributed by atoms with Crippen LogP contribution in [-0.4, -0.2) is 12.4 Å². The Morgan fingerprint density at radius 1 is 1.53 bits per heavy atom. The topological polar surface area (TPSA) is 59.1 Å². The monoisotopic (exact) mass is 238 g/mol. The van der Waals surface area contributed by atoms with Crippen molar-refractivity contribution in [1.82, 2.24) is 0 Å². The lowest BCUT2D eigenvalue weighted by Crippen LogP contribution is -2.12. The van der Waals surface area contributed by atoms with Crippen LogP contribution in [0.4, 0.5) is 4.39 Å². The molecule has 0 aliphatic carbocycles. The molecule has 0 bridgehead atoms. The van der Waals surface area contributed by atoms with Gasteiger partial charge in [0.1, 0.15) is 5.84 Å². The van der Waals surface area contributed by atoms with Crippen LogP contribution in [0.25, 0.3) is 0 Å². The van der Waals surface area contributed by atoms with Crippen LogP contribution in [0.5, 0.6) is 5.75 Å². The number of rotatable bonds is 6. The van der Waals surface area contributed by atoms with Crippen molar-refractivity contribution in [2.75, 3.05) is 6.61 Å². The van der Waals surface area contributed by atoms with Crippen LogP contribution in [0.2, 0.25) is 0 Å². The molecule has 4 heteroatoms. The summed E-state index contributed by atoms with van der Waals surface area (Å²) in [7, 11) is 0. The third-order valence-corrected chi connectivity index (χ3v) is 2.55. The Balaban J connectivity index is 2.63. The maximum Gasteiger partial charge on any atom is 0.165 e. The first kappa shape index (κ1) is 13.5. The first-order valence-electron chi connectivity index (χ1n) is 5.81. The first-order chi connectivity index (χ1) is 8.04. The van der Waals surface area contributed by atoms with Crippen molar-refractivity contribution in [3.05, 3.63) is 29.6 Å². The van der Waals surface area contributed by atoms with Crippen LogP contribution in [-0.2, 0) is 0 Å². The van der Waals surface area contributed by atoms with Gasteiger partial charge in [0, 0.05) is 5.56 Å². The van der Waals surface area contributed by atoms with Crippen molar-refractivity contribution in [1.29, 1.82) is 5.41 Å². The molecule has 3 nitrogen and oxygen atoms in total. The van der Waals surface area contributed by atoms with Gasteiger partial charge in [0.25, 0.3) is 0 Å². The number of benzene rings is 1. The fourth-order valence-electron chi connectivity index (χ4n) is 1.59. The molecule has 0 radical (unpaired) electrons. The second kappa shape index (κ2) is 6.23. The summed E-state index contributed by atoms with van der Waals surface area (Å²) in [5, 5.41) is 7.20. The van der Waals surface area contributed by atoms with Gasteiger partial charge in [-0.3, -0.25) is 5.41 Å². The minimum Gasteiger partial charge on any atom is -0.490 e. The van der Waals surface area contributed by atoms with Gasteiger partial charge in [-0.2, -0.15) is 0 Å². The van der Waals surface area contributed by atoms with Gasteiger partial charge < -0.3 is 10.5 Å². The number of ether oxygens (including phenoxy) is 1. The number of nitrogens with one attached hydrogen (secondary N) is 1. The molecule has 0 amide bonds. The number of amidine groups is 1. The summed E-state index contributed by atoms with van der Waals surface area (Å²) in [6.07, 6.45) is 2.16. The molecule has 1 atom stereocenters.